The van der Waals surface area contributed by atoms with E-state index in [2.05, 4.69) is 47.6 Å². The van der Waals surface area contributed by atoms with E-state index >= 15 is 0 Å². The fourth-order valence-corrected chi connectivity index (χ4v) is 1.98. The highest BCUT2D eigenvalue weighted by Gasteiger charge is 2.18. The summed E-state index contributed by atoms with van der Waals surface area (Å²) in [4.78, 5) is 2.45. The maximum atomic E-state index is 3.44. The second-order valence-corrected chi connectivity index (χ2v) is 4.03. The van der Waals surface area contributed by atoms with Gasteiger partial charge in [-0.25, -0.2) is 0 Å². The van der Waals surface area contributed by atoms with Crippen molar-refractivity contribution in [1.29, 1.82) is 0 Å². The minimum Gasteiger partial charge on any atom is -0.314 e. The normalized spacial score (nSPS) is 23.6. The van der Waals surface area contributed by atoms with Crippen molar-refractivity contribution in [2.24, 2.45) is 0 Å². The monoisotopic (exact) mass is 190 g/mol. The quantitative estimate of drug-likeness (QED) is 0.752. The van der Waals surface area contributed by atoms with Crippen molar-refractivity contribution in [2.75, 3.05) is 26.7 Å². The van der Waals surface area contributed by atoms with Gasteiger partial charge in [-0.3, -0.25) is 0 Å². The molecule has 1 aromatic carbocycles. The third-order valence-electron chi connectivity index (χ3n) is 2.96. The lowest BCUT2D eigenvalue weighted by Gasteiger charge is -2.33. The lowest BCUT2D eigenvalue weighted by molar-refractivity contribution is 0.199. The van der Waals surface area contributed by atoms with E-state index in [9.17, 15) is 0 Å². The first-order valence-corrected chi connectivity index (χ1v) is 5.31. The van der Waals surface area contributed by atoms with Gasteiger partial charge in [-0.05, 0) is 19.0 Å². The minimum atomic E-state index is 0.658. The van der Waals surface area contributed by atoms with Crippen molar-refractivity contribution < 1.29 is 0 Å². The molecule has 0 saturated carbocycles. The van der Waals surface area contributed by atoms with E-state index < -0.39 is 0 Å². The van der Waals surface area contributed by atoms with Gasteiger partial charge in [0.15, 0.2) is 0 Å². The van der Waals surface area contributed by atoms with E-state index in [1.165, 1.54) is 5.56 Å². The third-order valence-corrected chi connectivity index (χ3v) is 2.96. The van der Waals surface area contributed by atoms with Gasteiger partial charge in [0.1, 0.15) is 0 Å². The van der Waals surface area contributed by atoms with Crippen molar-refractivity contribution >= 4 is 0 Å². The number of nitrogens with zero attached hydrogens (tertiary/aromatic N) is 1. The van der Waals surface area contributed by atoms with Crippen LogP contribution in [0.4, 0.5) is 0 Å². The number of benzene rings is 1. The van der Waals surface area contributed by atoms with Crippen LogP contribution in [-0.2, 0) is 6.42 Å². The summed E-state index contributed by atoms with van der Waals surface area (Å²) in [7, 11) is 2.22. The van der Waals surface area contributed by atoms with Crippen molar-refractivity contribution in [1.82, 2.24) is 10.2 Å². The molecule has 2 heteroatoms. The Kier molecular flexibility index (Phi) is 3.17. The van der Waals surface area contributed by atoms with E-state index in [-0.39, 0.29) is 0 Å². The average Bonchev–Trinajstić information content (AvgIpc) is 2.23. The Morgan fingerprint density at radius 2 is 2.14 bits per heavy atom. The molecule has 0 spiro atoms. The number of rotatable bonds is 2. The Bertz CT molecular complexity index is 271. The first-order chi connectivity index (χ1) is 6.86. The molecule has 1 aliphatic rings. The van der Waals surface area contributed by atoms with Crippen LogP contribution in [0, 0.1) is 0 Å². The van der Waals surface area contributed by atoms with Crippen LogP contribution in [0.15, 0.2) is 30.3 Å². The lowest BCUT2D eigenvalue weighted by Crippen LogP contribution is -2.50. The minimum absolute atomic E-state index is 0.658. The Morgan fingerprint density at radius 1 is 1.36 bits per heavy atom. The Hall–Kier alpha value is -0.860. The number of likely N-dealkylation sites (N-methyl/N-ethyl adjacent to an activating group) is 1. The smallest absolute Gasteiger partial charge is 0.0258 e. The maximum Gasteiger partial charge on any atom is 0.0258 e. The van der Waals surface area contributed by atoms with Gasteiger partial charge in [0.2, 0.25) is 0 Å². The zero-order valence-corrected chi connectivity index (χ0v) is 8.74. The summed E-state index contributed by atoms with van der Waals surface area (Å²) in [6, 6.07) is 11.4. The molecule has 0 radical (unpaired) electrons. The summed E-state index contributed by atoms with van der Waals surface area (Å²) in [6.07, 6.45) is 1.16. The van der Waals surface area contributed by atoms with Crippen molar-refractivity contribution in [3.63, 3.8) is 0 Å². The van der Waals surface area contributed by atoms with Gasteiger partial charge in [-0.1, -0.05) is 30.3 Å². The molecule has 2 rings (SSSR count). The summed E-state index contributed by atoms with van der Waals surface area (Å²) in [5.41, 5.74) is 1.44. The van der Waals surface area contributed by atoms with Gasteiger partial charge in [-0.2, -0.15) is 0 Å². The van der Waals surface area contributed by atoms with E-state index in [4.69, 9.17) is 0 Å². The van der Waals surface area contributed by atoms with Crippen molar-refractivity contribution in [2.45, 2.75) is 12.5 Å². The third kappa shape index (κ3) is 2.34. The molecule has 1 atom stereocenters. The SMILES string of the molecule is CN1CCNC[C@H]1Cc1ccccc1. The van der Waals surface area contributed by atoms with Gasteiger partial charge in [0.05, 0.1) is 0 Å². The van der Waals surface area contributed by atoms with Crippen LogP contribution < -0.4 is 5.32 Å². The predicted octanol–water partition coefficient (Wildman–Crippen LogP) is 1.13. The summed E-state index contributed by atoms with van der Waals surface area (Å²) in [5.74, 6) is 0. The van der Waals surface area contributed by atoms with Crippen LogP contribution in [0.5, 0.6) is 0 Å². The molecule has 1 N–H and O–H groups in total. The zero-order chi connectivity index (χ0) is 9.80. The van der Waals surface area contributed by atoms with Gasteiger partial charge in [-0.15, -0.1) is 0 Å². The van der Waals surface area contributed by atoms with Crippen molar-refractivity contribution in [3.05, 3.63) is 35.9 Å². The second kappa shape index (κ2) is 4.58. The maximum absolute atomic E-state index is 3.44. The van der Waals surface area contributed by atoms with Gasteiger partial charge >= 0.3 is 0 Å². The highest BCUT2D eigenvalue weighted by atomic mass is 15.2. The molecule has 0 amide bonds. The molecule has 76 valence electrons. The Labute approximate surface area is 85.9 Å². The molecular weight excluding hydrogens is 172 g/mol. The van der Waals surface area contributed by atoms with Crippen LogP contribution in [0.3, 0.4) is 0 Å². The zero-order valence-electron chi connectivity index (χ0n) is 8.74. The molecule has 1 heterocycles. The standard InChI is InChI=1S/C12H18N2/c1-14-8-7-13-10-12(14)9-11-5-3-2-4-6-11/h2-6,12-13H,7-10H2,1H3/t12-/m1/s1. The number of hydrogen-bond acceptors (Lipinski definition) is 2. The van der Waals surface area contributed by atoms with E-state index in [1.807, 2.05) is 0 Å². The first kappa shape index (κ1) is 9.69. The van der Waals surface area contributed by atoms with E-state index in [0.717, 1.165) is 26.1 Å². The molecule has 0 bridgehead atoms. The molecule has 1 aliphatic heterocycles. The summed E-state index contributed by atoms with van der Waals surface area (Å²) < 4.78 is 0. The molecule has 1 saturated heterocycles. The molecule has 1 aromatic rings. The largest absolute Gasteiger partial charge is 0.314 e. The molecule has 1 fully saturated rings. The number of nitrogens with one attached hydrogen (secondary N) is 1. The van der Waals surface area contributed by atoms with Crippen molar-refractivity contribution in [3.8, 4) is 0 Å². The van der Waals surface area contributed by atoms with E-state index in [0.29, 0.717) is 6.04 Å². The molecule has 0 aliphatic carbocycles. The highest BCUT2D eigenvalue weighted by molar-refractivity contribution is 5.16. The van der Waals surface area contributed by atoms with Crippen LogP contribution in [0.2, 0.25) is 0 Å². The van der Waals surface area contributed by atoms with Crippen LogP contribution in [0.25, 0.3) is 0 Å². The van der Waals surface area contributed by atoms with E-state index in [1.54, 1.807) is 0 Å². The first-order valence-electron chi connectivity index (χ1n) is 5.31. The molecular formula is C12H18N2. The van der Waals surface area contributed by atoms with Crippen LogP contribution in [-0.4, -0.2) is 37.6 Å². The molecule has 0 unspecified atom stereocenters. The Balaban J connectivity index is 1.96. The number of hydrogen-bond donors (Lipinski definition) is 1. The van der Waals surface area contributed by atoms with Gasteiger partial charge in [0.25, 0.3) is 0 Å². The topological polar surface area (TPSA) is 15.3 Å². The fraction of sp³-hybridized carbons (Fsp3) is 0.500. The van der Waals surface area contributed by atoms with Gasteiger partial charge < -0.3 is 10.2 Å². The number of piperazine rings is 1. The highest BCUT2D eigenvalue weighted by Crippen LogP contribution is 2.08. The predicted molar refractivity (Wildman–Crippen MR) is 59.4 cm³/mol. The summed E-state index contributed by atoms with van der Waals surface area (Å²) in [6.45, 7) is 3.41. The second-order valence-electron chi connectivity index (χ2n) is 4.03. The average molecular weight is 190 g/mol. The lowest BCUT2D eigenvalue weighted by atomic mass is 10.0. The Morgan fingerprint density at radius 3 is 2.86 bits per heavy atom. The summed E-state index contributed by atoms with van der Waals surface area (Å²) in [5, 5.41) is 3.44. The summed E-state index contributed by atoms with van der Waals surface area (Å²) >= 11 is 0. The fourth-order valence-electron chi connectivity index (χ4n) is 1.98. The molecule has 14 heavy (non-hydrogen) atoms. The van der Waals surface area contributed by atoms with Crippen LogP contribution in [0.1, 0.15) is 5.56 Å². The van der Waals surface area contributed by atoms with Crippen LogP contribution >= 0.6 is 0 Å². The molecule has 0 aromatic heterocycles. The molecule has 2 nitrogen and oxygen atoms in total. The van der Waals surface area contributed by atoms with Gasteiger partial charge in [0, 0.05) is 25.7 Å².